The lowest BCUT2D eigenvalue weighted by Crippen LogP contribution is -2.41. The van der Waals surface area contributed by atoms with Gasteiger partial charge in [-0.1, -0.05) is 0 Å². The summed E-state index contributed by atoms with van der Waals surface area (Å²) in [5.41, 5.74) is 12.6. The van der Waals surface area contributed by atoms with Gasteiger partial charge >= 0.3 is 5.97 Å². The van der Waals surface area contributed by atoms with E-state index in [9.17, 15) is 4.79 Å². The number of hydrogen-bond acceptors (Lipinski definition) is 7. The van der Waals surface area contributed by atoms with Crippen LogP contribution in [-0.2, 0) is 4.79 Å². The summed E-state index contributed by atoms with van der Waals surface area (Å²) in [6.45, 7) is 7.33. The van der Waals surface area contributed by atoms with E-state index in [1.807, 2.05) is 25.7 Å². The Morgan fingerprint density at radius 3 is 2.55 bits per heavy atom. The molecule has 1 fully saturated rings. The molecule has 0 spiro atoms. The molecule has 2 rings (SSSR count). The van der Waals surface area contributed by atoms with Gasteiger partial charge in [-0.25, -0.2) is 15.4 Å². The summed E-state index contributed by atoms with van der Waals surface area (Å²) < 4.78 is 0. The number of anilines is 3. The summed E-state index contributed by atoms with van der Waals surface area (Å²) in [5, 5.41) is 9.05. The molecule has 8 nitrogen and oxygen atoms in total. The fourth-order valence-electron chi connectivity index (χ4n) is 2.32. The Labute approximate surface area is 130 Å². The number of carboxylic acid groups (broad SMARTS) is 1. The minimum absolute atomic E-state index is 0.128. The molecule has 0 radical (unpaired) electrons. The molecule has 0 atom stereocenters. The normalized spacial score (nSPS) is 16.6. The second-order valence-electron chi connectivity index (χ2n) is 6.56. The number of rotatable bonds is 4. The van der Waals surface area contributed by atoms with Crippen molar-refractivity contribution in [3.05, 3.63) is 6.33 Å². The van der Waals surface area contributed by atoms with Gasteiger partial charge < -0.3 is 21.2 Å². The number of nitrogens with two attached hydrogens (primary N) is 1. The van der Waals surface area contributed by atoms with Crippen molar-refractivity contribution in [1.29, 1.82) is 0 Å². The molecule has 22 heavy (non-hydrogen) atoms. The van der Waals surface area contributed by atoms with Gasteiger partial charge in [-0.3, -0.25) is 4.79 Å². The van der Waals surface area contributed by atoms with E-state index >= 15 is 0 Å². The average molecular weight is 308 g/mol. The molecule has 1 aliphatic rings. The Morgan fingerprint density at radius 2 is 2.00 bits per heavy atom. The highest BCUT2D eigenvalue weighted by Gasteiger charge is 2.26. The number of carboxylic acids is 1. The van der Waals surface area contributed by atoms with Crippen molar-refractivity contribution in [3.8, 4) is 0 Å². The number of nitrogens with one attached hydrogen (secondary N) is 2. The predicted molar refractivity (Wildman–Crippen MR) is 85.5 cm³/mol. The summed E-state index contributed by atoms with van der Waals surface area (Å²) in [4.78, 5) is 21.4. The summed E-state index contributed by atoms with van der Waals surface area (Å²) in [5.74, 6) is 0.170. The highest BCUT2D eigenvalue weighted by atomic mass is 16.4. The fraction of sp³-hybridized carbons (Fsp3) is 0.643. The molecule has 8 heteroatoms. The van der Waals surface area contributed by atoms with E-state index in [0.717, 1.165) is 0 Å². The maximum Gasteiger partial charge on any atom is 0.306 e. The molecule has 122 valence electrons. The van der Waals surface area contributed by atoms with Crippen LogP contribution in [-0.4, -0.2) is 39.7 Å². The van der Waals surface area contributed by atoms with Gasteiger partial charge in [-0.15, -0.1) is 0 Å². The zero-order valence-electron chi connectivity index (χ0n) is 13.3. The molecule has 0 amide bonds. The average Bonchev–Trinajstić information content (AvgIpc) is 2.45. The molecule has 0 saturated carbocycles. The van der Waals surface area contributed by atoms with Crippen LogP contribution in [0.3, 0.4) is 0 Å². The van der Waals surface area contributed by atoms with Gasteiger partial charge in [0.05, 0.1) is 5.92 Å². The lowest BCUT2D eigenvalue weighted by molar-refractivity contribution is -0.142. The van der Waals surface area contributed by atoms with Gasteiger partial charge in [0.1, 0.15) is 12.0 Å². The third kappa shape index (κ3) is 3.97. The largest absolute Gasteiger partial charge is 0.481 e. The van der Waals surface area contributed by atoms with E-state index in [1.165, 1.54) is 6.33 Å². The number of nitrogen functional groups attached to an aromatic ring is 1. The summed E-state index contributed by atoms with van der Waals surface area (Å²) in [7, 11) is 0. The molecule has 5 N–H and O–H groups in total. The van der Waals surface area contributed by atoms with Crippen molar-refractivity contribution in [2.24, 2.45) is 5.92 Å². The zero-order chi connectivity index (χ0) is 16.3. The number of aromatic nitrogens is 2. The van der Waals surface area contributed by atoms with Crippen LogP contribution in [0.5, 0.6) is 0 Å². The van der Waals surface area contributed by atoms with Crippen molar-refractivity contribution in [1.82, 2.24) is 15.4 Å². The first-order valence-corrected chi connectivity index (χ1v) is 7.39. The molecular formula is C14H24N6O2. The topological polar surface area (TPSA) is 116 Å². The summed E-state index contributed by atoms with van der Waals surface area (Å²) in [6, 6.07) is 0. The Kier molecular flexibility index (Phi) is 4.70. The van der Waals surface area contributed by atoms with Gasteiger partial charge in [0.2, 0.25) is 0 Å². The zero-order valence-corrected chi connectivity index (χ0v) is 13.3. The Morgan fingerprint density at radius 1 is 1.36 bits per heavy atom. The molecule has 0 bridgehead atoms. The predicted octanol–water partition coefficient (Wildman–Crippen LogP) is 1.07. The molecule has 0 unspecified atom stereocenters. The number of hydrazine groups is 1. The van der Waals surface area contributed by atoms with Crippen molar-refractivity contribution >= 4 is 23.3 Å². The van der Waals surface area contributed by atoms with E-state index in [-0.39, 0.29) is 11.5 Å². The summed E-state index contributed by atoms with van der Waals surface area (Å²) in [6.07, 6.45) is 2.66. The highest BCUT2D eigenvalue weighted by molar-refractivity contribution is 5.75. The maximum atomic E-state index is 11.0. The van der Waals surface area contributed by atoms with Crippen molar-refractivity contribution in [2.45, 2.75) is 39.2 Å². The van der Waals surface area contributed by atoms with Gasteiger partial charge in [-0.2, -0.15) is 0 Å². The Bertz CT molecular complexity index is 535. The monoisotopic (exact) mass is 308 g/mol. The second-order valence-corrected chi connectivity index (χ2v) is 6.56. The van der Waals surface area contributed by atoms with E-state index in [4.69, 9.17) is 10.8 Å². The number of aliphatic carboxylic acids is 1. The number of carbonyl (C=O) groups is 1. The minimum Gasteiger partial charge on any atom is -0.481 e. The molecule has 1 saturated heterocycles. The third-order valence-electron chi connectivity index (χ3n) is 3.56. The first-order valence-electron chi connectivity index (χ1n) is 7.39. The van der Waals surface area contributed by atoms with Gasteiger partial charge in [-0.05, 0) is 33.6 Å². The minimum atomic E-state index is -0.730. The second kappa shape index (κ2) is 6.35. The van der Waals surface area contributed by atoms with E-state index in [1.54, 1.807) is 0 Å². The third-order valence-corrected chi connectivity index (χ3v) is 3.56. The van der Waals surface area contributed by atoms with Crippen LogP contribution in [0.1, 0.15) is 33.6 Å². The van der Waals surface area contributed by atoms with E-state index in [0.29, 0.717) is 43.3 Å². The van der Waals surface area contributed by atoms with Crippen LogP contribution in [0.25, 0.3) is 0 Å². The molecule has 1 aromatic heterocycles. The van der Waals surface area contributed by atoms with Gasteiger partial charge in [0.25, 0.3) is 0 Å². The van der Waals surface area contributed by atoms with Crippen molar-refractivity contribution < 1.29 is 9.90 Å². The molecule has 1 aromatic rings. The fourth-order valence-corrected chi connectivity index (χ4v) is 2.32. The Hall–Kier alpha value is -2.09. The van der Waals surface area contributed by atoms with Crippen LogP contribution in [0.2, 0.25) is 0 Å². The molecular weight excluding hydrogens is 284 g/mol. The number of hydrogen-bond donors (Lipinski definition) is 4. The lowest BCUT2D eigenvalue weighted by Gasteiger charge is -2.32. The van der Waals surface area contributed by atoms with Crippen molar-refractivity contribution in [2.75, 3.05) is 29.1 Å². The van der Waals surface area contributed by atoms with Crippen LogP contribution < -0.4 is 21.5 Å². The van der Waals surface area contributed by atoms with Gasteiger partial charge in [0, 0.05) is 18.6 Å². The first kappa shape index (κ1) is 16.3. The van der Waals surface area contributed by atoms with Crippen LogP contribution in [0.15, 0.2) is 6.33 Å². The SMILES string of the molecule is CC(C)(C)NNc1ncnc(N2CCC(C(=O)O)CC2)c1N. The number of piperidine rings is 1. The molecule has 0 aromatic carbocycles. The summed E-state index contributed by atoms with van der Waals surface area (Å²) >= 11 is 0. The van der Waals surface area contributed by atoms with Crippen LogP contribution in [0, 0.1) is 5.92 Å². The molecule has 0 aliphatic carbocycles. The van der Waals surface area contributed by atoms with Crippen LogP contribution >= 0.6 is 0 Å². The molecule has 2 heterocycles. The Balaban J connectivity index is 2.08. The van der Waals surface area contributed by atoms with Gasteiger partial charge in [0.15, 0.2) is 11.6 Å². The highest BCUT2D eigenvalue weighted by Crippen LogP contribution is 2.29. The smallest absolute Gasteiger partial charge is 0.306 e. The van der Waals surface area contributed by atoms with E-state index < -0.39 is 5.97 Å². The molecule has 1 aliphatic heterocycles. The first-order chi connectivity index (χ1) is 10.3. The standard InChI is InChI=1S/C14H24N6O2/c1-14(2,3)19-18-11-10(15)12(17-8-16-11)20-6-4-9(5-7-20)13(21)22/h8-9,19H,4-7,15H2,1-3H3,(H,21,22)(H,16,17,18). The van der Waals surface area contributed by atoms with Crippen LogP contribution in [0.4, 0.5) is 17.3 Å². The van der Waals surface area contributed by atoms with Crippen molar-refractivity contribution in [3.63, 3.8) is 0 Å². The quantitative estimate of drug-likeness (QED) is 0.610. The lowest BCUT2D eigenvalue weighted by atomic mass is 9.97. The maximum absolute atomic E-state index is 11.0. The van der Waals surface area contributed by atoms with E-state index in [2.05, 4.69) is 20.8 Å². The number of nitrogens with zero attached hydrogens (tertiary/aromatic N) is 3.